The molecule has 3 nitrogen and oxygen atoms in total. The zero-order valence-electron chi connectivity index (χ0n) is 8.97. The third-order valence-electron chi connectivity index (χ3n) is 2.36. The lowest BCUT2D eigenvalue weighted by Crippen LogP contribution is -2.47. The fourth-order valence-electron chi connectivity index (χ4n) is 1.49. The molecular formula is C10H18FNO2. The highest BCUT2D eigenvalue weighted by molar-refractivity contribution is 5.84. The van der Waals surface area contributed by atoms with Gasteiger partial charge in [0.2, 0.25) is 0 Å². The number of alkyl halides is 1. The van der Waals surface area contributed by atoms with E-state index in [0.717, 1.165) is 12.8 Å². The lowest BCUT2D eigenvalue weighted by molar-refractivity contribution is -0.132. The zero-order valence-corrected chi connectivity index (χ0v) is 8.97. The molecule has 0 aromatic carbocycles. The van der Waals surface area contributed by atoms with Crippen LogP contribution in [0, 0.1) is 0 Å². The van der Waals surface area contributed by atoms with Gasteiger partial charge in [-0.15, -0.1) is 0 Å². The SMILES string of the molecule is CC1CC(NC(=O)C(C)(C)F)CCO1. The average Bonchev–Trinajstić information content (AvgIpc) is 2.02. The summed E-state index contributed by atoms with van der Waals surface area (Å²) in [6.45, 7) is 5.13. The zero-order chi connectivity index (χ0) is 10.8. The van der Waals surface area contributed by atoms with Gasteiger partial charge in [-0.25, -0.2) is 4.39 Å². The molecule has 1 fully saturated rings. The molecule has 2 atom stereocenters. The minimum atomic E-state index is -1.79. The molecule has 1 N–H and O–H groups in total. The molecule has 82 valence electrons. The number of nitrogens with one attached hydrogen (secondary N) is 1. The van der Waals surface area contributed by atoms with E-state index in [9.17, 15) is 9.18 Å². The third kappa shape index (κ3) is 3.25. The fraction of sp³-hybridized carbons (Fsp3) is 0.900. The van der Waals surface area contributed by atoms with Crippen LogP contribution in [0.25, 0.3) is 0 Å². The predicted molar refractivity (Wildman–Crippen MR) is 51.8 cm³/mol. The minimum absolute atomic E-state index is 0.0567. The van der Waals surface area contributed by atoms with Crippen molar-refractivity contribution >= 4 is 5.91 Å². The lowest BCUT2D eigenvalue weighted by atomic mass is 10.0. The highest BCUT2D eigenvalue weighted by Gasteiger charge is 2.30. The topological polar surface area (TPSA) is 38.3 Å². The average molecular weight is 203 g/mol. The van der Waals surface area contributed by atoms with Crippen molar-refractivity contribution in [3.05, 3.63) is 0 Å². The molecule has 0 spiro atoms. The Kier molecular flexibility index (Phi) is 3.48. The quantitative estimate of drug-likeness (QED) is 0.737. The molecule has 0 saturated carbocycles. The van der Waals surface area contributed by atoms with Gasteiger partial charge in [-0.1, -0.05) is 0 Å². The van der Waals surface area contributed by atoms with E-state index >= 15 is 0 Å². The van der Waals surface area contributed by atoms with E-state index in [-0.39, 0.29) is 12.1 Å². The maximum atomic E-state index is 13.2. The summed E-state index contributed by atoms with van der Waals surface area (Å²) in [4.78, 5) is 11.3. The van der Waals surface area contributed by atoms with Gasteiger partial charge in [-0.05, 0) is 33.6 Å². The lowest BCUT2D eigenvalue weighted by Gasteiger charge is -2.29. The molecular weight excluding hydrogens is 185 g/mol. The van der Waals surface area contributed by atoms with Gasteiger partial charge in [0.15, 0.2) is 5.67 Å². The van der Waals surface area contributed by atoms with Gasteiger partial charge in [0.05, 0.1) is 6.10 Å². The Morgan fingerprint density at radius 1 is 1.57 bits per heavy atom. The van der Waals surface area contributed by atoms with Crippen LogP contribution in [-0.4, -0.2) is 30.3 Å². The van der Waals surface area contributed by atoms with Gasteiger partial charge in [0.1, 0.15) is 0 Å². The summed E-state index contributed by atoms with van der Waals surface area (Å²) in [6, 6.07) is 0.0567. The maximum Gasteiger partial charge on any atom is 0.257 e. The molecule has 0 aromatic rings. The number of carbonyl (C=O) groups is 1. The van der Waals surface area contributed by atoms with Crippen LogP contribution in [0.4, 0.5) is 4.39 Å². The maximum absolute atomic E-state index is 13.2. The summed E-state index contributed by atoms with van der Waals surface area (Å²) >= 11 is 0. The van der Waals surface area contributed by atoms with Crippen molar-refractivity contribution in [3.63, 3.8) is 0 Å². The van der Waals surface area contributed by atoms with Gasteiger partial charge < -0.3 is 10.1 Å². The van der Waals surface area contributed by atoms with Crippen LogP contribution in [0.5, 0.6) is 0 Å². The second-order valence-corrected chi connectivity index (χ2v) is 4.35. The highest BCUT2D eigenvalue weighted by atomic mass is 19.1. The highest BCUT2D eigenvalue weighted by Crippen LogP contribution is 2.15. The van der Waals surface area contributed by atoms with Gasteiger partial charge in [-0.2, -0.15) is 0 Å². The first-order valence-electron chi connectivity index (χ1n) is 5.01. The molecule has 0 bridgehead atoms. The van der Waals surface area contributed by atoms with Crippen LogP contribution < -0.4 is 5.32 Å². The molecule has 1 saturated heterocycles. The van der Waals surface area contributed by atoms with Crippen LogP contribution >= 0.6 is 0 Å². The Bertz CT molecular complexity index is 213. The standard InChI is InChI=1S/C10H18FNO2/c1-7-6-8(4-5-14-7)12-9(13)10(2,3)11/h7-8H,4-6H2,1-3H3,(H,12,13). The summed E-state index contributed by atoms with van der Waals surface area (Å²) in [7, 11) is 0. The largest absolute Gasteiger partial charge is 0.378 e. The number of halogens is 1. The van der Waals surface area contributed by atoms with Crippen LogP contribution in [0.15, 0.2) is 0 Å². The number of amides is 1. The Morgan fingerprint density at radius 2 is 2.21 bits per heavy atom. The predicted octanol–water partition coefficient (Wildman–Crippen LogP) is 1.42. The molecule has 1 rings (SSSR count). The van der Waals surface area contributed by atoms with Gasteiger partial charge in [0, 0.05) is 12.6 Å². The number of hydrogen-bond donors (Lipinski definition) is 1. The molecule has 1 aliphatic rings. The molecule has 0 aliphatic carbocycles. The molecule has 0 aromatic heterocycles. The van der Waals surface area contributed by atoms with Crippen molar-refractivity contribution in [1.29, 1.82) is 0 Å². The van der Waals surface area contributed by atoms with Crippen LogP contribution in [0.3, 0.4) is 0 Å². The Hall–Kier alpha value is -0.640. The fourth-order valence-corrected chi connectivity index (χ4v) is 1.49. The van der Waals surface area contributed by atoms with E-state index in [4.69, 9.17) is 4.74 Å². The molecule has 1 aliphatic heterocycles. The van der Waals surface area contributed by atoms with Crippen molar-refractivity contribution in [3.8, 4) is 0 Å². The van der Waals surface area contributed by atoms with Crippen LogP contribution in [-0.2, 0) is 9.53 Å². The van der Waals surface area contributed by atoms with E-state index in [1.165, 1.54) is 13.8 Å². The van der Waals surface area contributed by atoms with Crippen LogP contribution in [0.2, 0.25) is 0 Å². The second kappa shape index (κ2) is 4.26. The van der Waals surface area contributed by atoms with Crippen molar-refractivity contribution in [2.45, 2.75) is 51.4 Å². The Morgan fingerprint density at radius 3 is 2.71 bits per heavy atom. The molecule has 2 unspecified atom stereocenters. The van der Waals surface area contributed by atoms with Gasteiger partial charge in [0.25, 0.3) is 5.91 Å². The van der Waals surface area contributed by atoms with E-state index in [1.54, 1.807) is 0 Å². The molecule has 4 heteroatoms. The third-order valence-corrected chi connectivity index (χ3v) is 2.36. The van der Waals surface area contributed by atoms with E-state index in [0.29, 0.717) is 6.61 Å². The number of carbonyl (C=O) groups excluding carboxylic acids is 1. The van der Waals surface area contributed by atoms with E-state index in [2.05, 4.69) is 5.32 Å². The molecule has 0 radical (unpaired) electrons. The van der Waals surface area contributed by atoms with Crippen LogP contribution in [0.1, 0.15) is 33.6 Å². The summed E-state index contributed by atoms with van der Waals surface area (Å²) in [5, 5.41) is 2.70. The Labute approximate surface area is 84.0 Å². The molecule has 1 heterocycles. The van der Waals surface area contributed by atoms with Crippen molar-refractivity contribution in [2.24, 2.45) is 0 Å². The summed E-state index contributed by atoms with van der Waals surface area (Å²) in [5.74, 6) is -0.531. The summed E-state index contributed by atoms with van der Waals surface area (Å²) in [5.41, 5.74) is -1.79. The van der Waals surface area contributed by atoms with E-state index in [1.807, 2.05) is 6.92 Å². The van der Waals surface area contributed by atoms with Gasteiger partial charge >= 0.3 is 0 Å². The Balaban J connectivity index is 2.40. The van der Waals surface area contributed by atoms with E-state index < -0.39 is 11.6 Å². The normalized spacial score (nSPS) is 28.6. The van der Waals surface area contributed by atoms with Crippen molar-refractivity contribution in [2.75, 3.05) is 6.61 Å². The first kappa shape index (κ1) is 11.4. The smallest absolute Gasteiger partial charge is 0.257 e. The second-order valence-electron chi connectivity index (χ2n) is 4.35. The summed E-state index contributed by atoms with van der Waals surface area (Å²) in [6.07, 6.45) is 1.69. The molecule has 1 amide bonds. The molecule has 14 heavy (non-hydrogen) atoms. The first-order chi connectivity index (χ1) is 6.39. The first-order valence-corrected chi connectivity index (χ1v) is 5.01. The summed E-state index contributed by atoms with van der Waals surface area (Å²) < 4.78 is 18.5. The minimum Gasteiger partial charge on any atom is -0.378 e. The van der Waals surface area contributed by atoms with Gasteiger partial charge in [-0.3, -0.25) is 4.79 Å². The number of rotatable bonds is 2. The van der Waals surface area contributed by atoms with Crippen molar-refractivity contribution < 1.29 is 13.9 Å². The number of ether oxygens (including phenoxy) is 1. The monoisotopic (exact) mass is 203 g/mol. The van der Waals surface area contributed by atoms with Crippen molar-refractivity contribution in [1.82, 2.24) is 5.32 Å². The number of hydrogen-bond acceptors (Lipinski definition) is 2.